The summed E-state index contributed by atoms with van der Waals surface area (Å²) in [7, 11) is -0.952. The third-order valence-electron chi connectivity index (χ3n) is 7.93. The molecular weight excluding hydrogens is 627 g/mol. The highest BCUT2D eigenvalue weighted by molar-refractivity contribution is 7.37. The van der Waals surface area contributed by atoms with E-state index in [-0.39, 0.29) is 59.4 Å². The van der Waals surface area contributed by atoms with E-state index in [1.54, 1.807) is 24.3 Å². The van der Waals surface area contributed by atoms with E-state index in [4.69, 9.17) is 0 Å². The molecule has 4 amide bonds. The molecule has 13 heteroatoms. The summed E-state index contributed by atoms with van der Waals surface area (Å²) in [6.07, 6.45) is 0. The van der Waals surface area contributed by atoms with Crippen molar-refractivity contribution in [1.29, 1.82) is 0 Å². The van der Waals surface area contributed by atoms with Gasteiger partial charge in [-0.15, -0.1) is 0 Å². The quantitative estimate of drug-likeness (QED) is 0.123. The molecular formula is C34H21N2O10P. The minimum Gasteiger partial charge on any atom is -0.386 e. The number of imide groups is 2. The van der Waals surface area contributed by atoms with Crippen LogP contribution in [-0.2, 0) is 9.47 Å². The number of hydrogen-bond acceptors (Lipinski definition) is 10. The van der Waals surface area contributed by atoms with Gasteiger partial charge in [0.2, 0.25) is 0 Å². The fraction of sp³-hybridized carbons (Fsp3) is 0.0588. The molecule has 12 nitrogen and oxygen atoms in total. The summed E-state index contributed by atoms with van der Waals surface area (Å²) in [6.45, 7) is 0. The Balaban J connectivity index is 0.00000193. The first kappa shape index (κ1) is 30.9. The highest BCUT2D eigenvalue weighted by Gasteiger charge is 2.43. The minimum absolute atomic E-state index is 0. The zero-order valence-electron chi connectivity index (χ0n) is 22.4. The average molecular weight is 649 g/mol. The number of fused-ring (bicyclic) bond motifs is 4. The minimum atomic E-state index is -0.952. The Bertz CT molecular complexity index is 2070. The lowest BCUT2D eigenvalue weighted by Gasteiger charge is -2.20. The lowest BCUT2D eigenvalue weighted by atomic mass is 9.97. The van der Waals surface area contributed by atoms with E-state index in [2.05, 4.69) is 9.47 Å². The van der Waals surface area contributed by atoms with Crippen LogP contribution >= 0.6 is 8.88 Å². The molecule has 0 aromatic heterocycles. The highest BCUT2D eigenvalue weighted by Crippen LogP contribution is 2.41. The van der Waals surface area contributed by atoms with Crippen molar-refractivity contribution in [1.82, 2.24) is 9.34 Å². The molecule has 0 atom stereocenters. The standard InChI is InChI=1S/C32H13N2O10P.2CH4/c35-25-17-5-1-13(15-3-7-19-23(11-15)31(41)43-29(19)39)9-21(17)27(37)33(25)45-34-26(36)18-6-2-14(10-22(18)28(34)38)16-4-8-20-24(12-16)32(42)44-30(20)40;;/h1-12,45H;2*1H4. The average Bonchev–Trinajstić information content (AvgIpc) is 3.67. The van der Waals surface area contributed by atoms with Crippen molar-refractivity contribution in [3.05, 3.63) is 117 Å². The van der Waals surface area contributed by atoms with Crippen molar-refractivity contribution in [3.63, 3.8) is 0 Å². The molecule has 4 aromatic rings. The third kappa shape index (κ3) is 4.41. The second kappa shape index (κ2) is 10.7. The number of nitrogens with zero attached hydrogens (tertiary/aromatic N) is 2. The molecule has 0 saturated carbocycles. The maximum Gasteiger partial charge on any atom is 0.346 e. The topological polar surface area (TPSA) is 162 Å². The van der Waals surface area contributed by atoms with Gasteiger partial charge in [-0.05, 0) is 70.8 Å². The van der Waals surface area contributed by atoms with Crippen LogP contribution in [0.15, 0.2) is 72.8 Å². The number of amides is 4. The van der Waals surface area contributed by atoms with Gasteiger partial charge in [-0.1, -0.05) is 39.1 Å². The molecule has 0 N–H and O–H groups in total. The predicted octanol–water partition coefficient (Wildman–Crippen LogP) is 5.31. The highest BCUT2D eigenvalue weighted by atomic mass is 31.1. The van der Waals surface area contributed by atoms with E-state index in [1.807, 2.05) is 0 Å². The summed E-state index contributed by atoms with van der Waals surface area (Å²) in [5, 5.41) is 0. The molecule has 0 radical (unpaired) electrons. The van der Waals surface area contributed by atoms with Crippen molar-refractivity contribution < 1.29 is 47.8 Å². The van der Waals surface area contributed by atoms with Crippen LogP contribution in [0, 0.1) is 0 Å². The van der Waals surface area contributed by atoms with Gasteiger partial charge in [0.25, 0.3) is 23.6 Å². The van der Waals surface area contributed by atoms with Crippen LogP contribution in [-0.4, -0.2) is 56.8 Å². The second-order valence-corrected chi connectivity index (χ2v) is 11.5. The normalized spacial score (nSPS) is 15.6. The van der Waals surface area contributed by atoms with E-state index in [1.165, 1.54) is 48.5 Å². The summed E-state index contributed by atoms with van der Waals surface area (Å²) in [6, 6.07) is 18.0. The summed E-state index contributed by atoms with van der Waals surface area (Å²) in [5.74, 6) is -5.82. The molecule has 4 heterocycles. The Morgan fingerprint density at radius 2 is 0.638 bits per heavy atom. The first-order valence-corrected chi connectivity index (χ1v) is 14.1. The van der Waals surface area contributed by atoms with Crippen molar-refractivity contribution in [2.24, 2.45) is 0 Å². The number of hydrogen-bond donors (Lipinski definition) is 0. The third-order valence-corrected chi connectivity index (χ3v) is 9.14. The summed E-state index contributed by atoms with van der Waals surface area (Å²) in [5.41, 5.74) is 2.71. The SMILES string of the molecule is C.C.O=C1OC(=O)c2cc(-c3ccc4c(c3)C(=O)N(PN3C(=O)c5ccc(-c6ccc7c(c6)C(=O)OC7=O)cc5C3=O)C4=O)ccc21. The van der Waals surface area contributed by atoms with Crippen LogP contribution in [0.5, 0.6) is 0 Å². The number of carbonyl (C=O) groups is 8. The van der Waals surface area contributed by atoms with Gasteiger partial charge in [-0.3, -0.25) is 19.2 Å². The van der Waals surface area contributed by atoms with Gasteiger partial charge in [0.15, 0.2) is 0 Å². The van der Waals surface area contributed by atoms with E-state index in [0.29, 0.717) is 22.3 Å². The molecule has 8 rings (SSSR count). The molecule has 4 aliphatic rings. The fourth-order valence-electron chi connectivity index (χ4n) is 5.65. The van der Waals surface area contributed by atoms with Crippen molar-refractivity contribution in [2.45, 2.75) is 14.9 Å². The van der Waals surface area contributed by atoms with Crippen LogP contribution in [0.25, 0.3) is 22.3 Å². The van der Waals surface area contributed by atoms with Gasteiger partial charge in [0.05, 0.1) is 44.5 Å². The first-order chi connectivity index (χ1) is 21.6. The van der Waals surface area contributed by atoms with Crippen LogP contribution < -0.4 is 0 Å². The Morgan fingerprint density at radius 1 is 0.362 bits per heavy atom. The smallest absolute Gasteiger partial charge is 0.346 e. The maximum absolute atomic E-state index is 13.4. The maximum atomic E-state index is 13.4. The molecule has 0 aliphatic carbocycles. The van der Waals surface area contributed by atoms with E-state index in [9.17, 15) is 38.4 Å². The molecule has 0 bridgehead atoms. The van der Waals surface area contributed by atoms with E-state index in [0.717, 1.165) is 9.34 Å². The molecule has 0 saturated heterocycles. The Hall–Kier alpha value is -6.13. The predicted molar refractivity (Wildman–Crippen MR) is 166 cm³/mol. The van der Waals surface area contributed by atoms with Crippen LogP contribution in [0.3, 0.4) is 0 Å². The number of benzene rings is 4. The monoisotopic (exact) mass is 648 g/mol. The number of carbonyl (C=O) groups excluding carboxylic acids is 8. The molecule has 232 valence electrons. The number of rotatable bonds is 4. The summed E-state index contributed by atoms with van der Waals surface area (Å²) < 4.78 is 10.9. The molecule has 0 spiro atoms. The molecule has 47 heavy (non-hydrogen) atoms. The zero-order chi connectivity index (χ0) is 31.3. The van der Waals surface area contributed by atoms with Gasteiger partial charge in [0, 0.05) is 0 Å². The van der Waals surface area contributed by atoms with E-state index < -0.39 is 56.4 Å². The Kier molecular flexibility index (Phi) is 7.06. The van der Waals surface area contributed by atoms with Crippen LogP contribution in [0.2, 0.25) is 0 Å². The lowest BCUT2D eigenvalue weighted by Crippen LogP contribution is -2.30. The van der Waals surface area contributed by atoms with Gasteiger partial charge < -0.3 is 9.47 Å². The molecule has 0 unspecified atom stereocenters. The number of cyclic esters (lactones) is 4. The Morgan fingerprint density at radius 3 is 1.00 bits per heavy atom. The van der Waals surface area contributed by atoms with Gasteiger partial charge in [0.1, 0.15) is 8.88 Å². The van der Waals surface area contributed by atoms with Crippen molar-refractivity contribution in [2.75, 3.05) is 0 Å². The first-order valence-electron chi connectivity index (χ1n) is 13.2. The van der Waals surface area contributed by atoms with Crippen molar-refractivity contribution in [3.8, 4) is 22.3 Å². The number of ether oxygens (including phenoxy) is 2. The largest absolute Gasteiger partial charge is 0.386 e. The summed E-state index contributed by atoms with van der Waals surface area (Å²) in [4.78, 5) is 101. The summed E-state index contributed by atoms with van der Waals surface area (Å²) >= 11 is 0. The van der Waals surface area contributed by atoms with E-state index >= 15 is 0 Å². The fourth-order valence-corrected chi connectivity index (χ4v) is 6.70. The lowest BCUT2D eigenvalue weighted by molar-refractivity contribution is 0.0425. The van der Waals surface area contributed by atoms with Gasteiger partial charge in [-0.25, -0.2) is 28.5 Å². The van der Waals surface area contributed by atoms with Gasteiger partial charge in [-0.2, -0.15) is 0 Å². The number of esters is 4. The van der Waals surface area contributed by atoms with Gasteiger partial charge >= 0.3 is 23.9 Å². The molecule has 4 aliphatic heterocycles. The second-order valence-electron chi connectivity index (χ2n) is 10.4. The zero-order valence-corrected chi connectivity index (χ0v) is 23.4. The molecule has 4 aromatic carbocycles. The van der Waals surface area contributed by atoms with Crippen molar-refractivity contribution >= 4 is 56.4 Å². The van der Waals surface area contributed by atoms with Crippen LogP contribution in [0.1, 0.15) is 97.7 Å². The Labute approximate surface area is 267 Å². The molecule has 0 fully saturated rings. The van der Waals surface area contributed by atoms with Crippen LogP contribution in [0.4, 0.5) is 0 Å².